The molecule has 4 heteroatoms. The van der Waals surface area contributed by atoms with Crippen molar-refractivity contribution in [2.24, 2.45) is 0 Å². The number of pyridine rings is 2. The number of alkyl halides is 2. The Morgan fingerprint density at radius 2 is 0.789 bits per heavy atom. The number of nitrogens with zero attached hydrogens (tertiary/aromatic N) is 2. The van der Waals surface area contributed by atoms with Gasteiger partial charge in [0.1, 0.15) is 0 Å². The Kier molecular flexibility index (Phi) is 18.9. The van der Waals surface area contributed by atoms with Crippen LogP contribution in [0.1, 0.15) is 152 Å². The lowest BCUT2D eigenvalue weighted by Crippen LogP contribution is -2.35. The van der Waals surface area contributed by atoms with Gasteiger partial charge in [-0.05, 0) is 72.9 Å². The summed E-state index contributed by atoms with van der Waals surface area (Å²) in [5.41, 5.74) is 3.03. The maximum absolute atomic E-state index is 6.64. The van der Waals surface area contributed by atoms with Crippen molar-refractivity contribution in [3.05, 3.63) is 60.2 Å². The molecule has 0 amide bonds. The van der Waals surface area contributed by atoms with E-state index in [4.69, 9.17) is 23.2 Å². The van der Waals surface area contributed by atoms with Gasteiger partial charge >= 0.3 is 0 Å². The van der Waals surface area contributed by atoms with Crippen molar-refractivity contribution < 1.29 is 9.13 Å². The molecule has 0 aromatic carbocycles. The minimum absolute atomic E-state index is 0.0839. The van der Waals surface area contributed by atoms with E-state index in [-0.39, 0.29) is 11.0 Å². The number of halogens is 2. The van der Waals surface area contributed by atoms with Gasteiger partial charge in [-0.25, -0.2) is 0 Å². The number of aryl methyl sites for hydroxylation is 2. The highest BCUT2D eigenvalue weighted by Gasteiger charge is 2.15. The molecular formula is C34H56Cl2N2+2. The number of aromatic nitrogens is 2. The smallest absolute Gasteiger partial charge is 0.188 e. The fourth-order valence-corrected chi connectivity index (χ4v) is 5.71. The third kappa shape index (κ3) is 14.9. The highest BCUT2D eigenvalue weighted by atomic mass is 35.5. The maximum atomic E-state index is 6.64. The van der Waals surface area contributed by atoms with Crippen molar-refractivity contribution in [1.82, 2.24) is 0 Å². The van der Waals surface area contributed by atoms with Crippen LogP contribution in [-0.2, 0) is 12.8 Å². The Balaban J connectivity index is 1.41. The highest BCUT2D eigenvalue weighted by Crippen LogP contribution is 2.18. The van der Waals surface area contributed by atoms with E-state index in [2.05, 4.69) is 72.0 Å². The van der Waals surface area contributed by atoms with Crippen LogP contribution in [0, 0.1) is 0 Å². The van der Waals surface area contributed by atoms with Gasteiger partial charge < -0.3 is 0 Å². The van der Waals surface area contributed by atoms with Crippen molar-refractivity contribution >= 4 is 23.2 Å². The molecule has 0 bridgehead atoms. The van der Waals surface area contributed by atoms with E-state index in [0.29, 0.717) is 0 Å². The van der Waals surface area contributed by atoms with Gasteiger partial charge in [0.05, 0.1) is 0 Å². The number of hydrogen-bond donors (Lipinski definition) is 0. The van der Waals surface area contributed by atoms with Crippen molar-refractivity contribution in [2.75, 3.05) is 0 Å². The van der Waals surface area contributed by atoms with Gasteiger partial charge in [-0.3, -0.25) is 0 Å². The number of rotatable bonds is 23. The standard InChI is InChI=1S/C34H56Cl2N2/c1-3-5-15-19-31-23-27-37(28-24-31)33(35)21-17-13-11-9-7-8-10-12-14-18-22-34(36)38-29-25-32(26-30-38)20-16-6-4-2/h23-30,33-34H,3-22H2,1-2H3/q+2. The molecule has 0 saturated heterocycles. The Hall–Kier alpha value is -1.12. The third-order valence-corrected chi connectivity index (χ3v) is 8.65. The monoisotopic (exact) mass is 562 g/mol. The first-order valence-electron chi connectivity index (χ1n) is 15.9. The molecule has 214 valence electrons. The van der Waals surface area contributed by atoms with E-state index in [1.165, 1.54) is 127 Å². The second-order valence-electron chi connectivity index (χ2n) is 11.2. The van der Waals surface area contributed by atoms with Crippen LogP contribution < -0.4 is 9.13 Å². The summed E-state index contributed by atoms with van der Waals surface area (Å²) in [6, 6.07) is 8.97. The first-order valence-corrected chi connectivity index (χ1v) is 16.8. The molecule has 2 nitrogen and oxygen atoms in total. The molecule has 0 fully saturated rings. The number of hydrogen-bond acceptors (Lipinski definition) is 0. The molecule has 0 saturated carbocycles. The van der Waals surface area contributed by atoms with E-state index >= 15 is 0 Å². The molecule has 0 radical (unpaired) electrons. The van der Waals surface area contributed by atoms with Crippen LogP contribution in [0.2, 0.25) is 0 Å². The second kappa shape index (κ2) is 21.7. The Labute approximate surface area is 245 Å². The SMILES string of the molecule is CCCCCc1cc[n+](C(Cl)CCCCCCCCCCCCC(Cl)[n+]2ccc(CCCCC)cc2)cc1. The maximum Gasteiger partial charge on any atom is 0.232 e. The minimum Gasteiger partial charge on any atom is -0.188 e. The molecule has 0 aliphatic carbocycles. The van der Waals surface area contributed by atoms with Gasteiger partial charge in [-0.1, -0.05) is 90.9 Å². The van der Waals surface area contributed by atoms with Crippen molar-refractivity contribution in [1.29, 1.82) is 0 Å². The number of unbranched alkanes of at least 4 members (excludes halogenated alkanes) is 13. The van der Waals surface area contributed by atoms with Crippen molar-refractivity contribution in [3.63, 3.8) is 0 Å². The van der Waals surface area contributed by atoms with Gasteiger partial charge in [0, 0.05) is 37.1 Å². The van der Waals surface area contributed by atoms with E-state index in [9.17, 15) is 0 Å². The molecule has 0 spiro atoms. The zero-order valence-corrected chi connectivity index (χ0v) is 26.1. The van der Waals surface area contributed by atoms with Crippen molar-refractivity contribution in [2.45, 2.75) is 153 Å². The molecule has 2 aromatic heterocycles. The zero-order chi connectivity index (χ0) is 27.3. The largest absolute Gasteiger partial charge is 0.232 e. The first-order chi connectivity index (χ1) is 18.6. The van der Waals surface area contributed by atoms with E-state index < -0.39 is 0 Å². The van der Waals surface area contributed by atoms with E-state index in [1.54, 1.807) is 0 Å². The van der Waals surface area contributed by atoms with E-state index in [1.807, 2.05) is 0 Å². The summed E-state index contributed by atoms with van der Waals surface area (Å²) < 4.78 is 4.34. The van der Waals surface area contributed by atoms with Crippen LogP contribution in [0.25, 0.3) is 0 Å². The molecule has 0 aliphatic heterocycles. The van der Waals surface area contributed by atoms with Crippen LogP contribution in [0.3, 0.4) is 0 Å². The molecule has 2 rings (SSSR count). The predicted octanol–water partition coefficient (Wildman–Crippen LogP) is 10.6. The fourth-order valence-electron chi connectivity index (χ4n) is 5.14. The summed E-state index contributed by atoms with van der Waals surface area (Å²) in [5, 5.41) is 0. The normalized spacial score (nSPS) is 13.1. The highest BCUT2D eigenvalue weighted by molar-refractivity contribution is 6.18. The topological polar surface area (TPSA) is 7.76 Å². The van der Waals surface area contributed by atoms with Crippen LogP contribution >= 0.6 is 23.2 Å². The first kappa shape index (κ1) is 33.1. The third-order valence-electron chi connectivity index (χ3n) is 7.76. The van der Waals surface area contributed by atoms with Gasteiger partial charge in [-0.2, -0.15) is 9.13 Å². The summed E-state index contributed by atoms with van der Waals surface area (Å²) in [4.78, 5) is 0. The molecular weight excluding hydrogens is 507 g/mol. The zero-order valence-electron chi connectivity index (χ0n) is 24.6. The summed E-state index contributed by atoms with van der Waals surface area (Å²) in [7, 11) is 0. The summed E-state index contributed by atoms with van der Waals surface area (Å²) in [6.45, 7) is 4.51. The van der Waals surface area contributed by atoms with E-state index in [0.717, 1.165) is 12.8 Å². The Bertz CT molecular complexity index is 737. The lowest BCUT2D eigenvalue weighted by atomic mass is 10.0. The molecule has 38 heavy (non-hydrogen) atoms. The lowest BCUT2D eigenvalue weighted by Gasteiger charge is -2.07. The molecule has 2 atom stereocenters. The molecule has 0 aliphatic rings. The average Bonchev–Trinajstić information content (AvgIpc) is 2.94. The molecule has 2 unspecified atom stereocenters. The van der Waals surface area contributed by atoms with Gasteiger partial charge in [0.15, 0.2) is 24.8 Å². The quantitative estimate of drug-likeness (QED) is 0.0722. The summed E-state index contributed by atoms with van der Waals surface area (Å²) in [6.07, 6.45) is 34.1. The second-order valence-corrected chi connectivity index (χ2v) is 12.2. The average molecular weight is 564 g/mol. The van der Waals surface area contributed by atoms with Crippen LogP contribution in [0.15, 0.2) is 49.1 Å². The molecule has 2 heterocycles. The molecule has 2 aromatic rings. The van der Waals surface area contributed by atoms with Crippen molar-refractivity contribution in [3.8, 4) is 0 Å². The molecule has 0 N–H and O–H groups in total. The predicted molar refractivity (Wildman–Crippen MR) is 165 cm³/mol. The Morgan fingerprint density at radius 3 is 1.11 bits per heavy atom. The lowest BCUT2D eigenvalue weighted by molar-refractivity contribution is -0.703. The fraction of sp³-hybridized carbons (Fsp3) is 0.706. The summed E-state index contributed by atoms with van der Waals surface area (Å²) >= 11 is 13.3. The van der Waals surface area contributed by atoms with Gasteiger partial charge in [0.25, 0.3) is 0 Å². The minimum atomic E-state index is 0.0839. The van der Waals surface area contributed by atoms with Crippen LogP contribution in [-0.4, -0.2) is 0 Å². The van der Waals surface area contributed by atoms with Gasteiger partial charge in [0.2, 0.25) is 11.0 Å². The Morgan fingerprint density at radius 1 is 0.474 bits per heavy atom. The van der Waals surface area contributed by atoms with Crippen LogP contribution in [0.5, 0.6) is 0 Å². The van der Waals surface area contributed by atoms with Crippen LogP contribution in [0.4, 0.5) is 0 Å². The summed E-state index contributed by atoms with van der Waals surface area (Å²) in [5.74, 6) is 0. The van der Waals surface area contributed by atoms with Gasteiger partial charge in [-0.15, -0.1) is 0 Å².